The Labute approximate surface area is 350 Å². The van der Waals surface area contributed by atoms with Gasteiger partial charge in [-0.05, 0) is 55.4 Å². The molecule has 16 heteroatoms. The Morgan fingerprint density at radius 2 is 1.73 bits per heavy atom. The number of hydrogen-bond donors (Lipinski definition) is 2. The van der Waals surface area contributed by atoms with E-state index in [-0.39, 0.29) is 54.4 Å². The third-order valence-electron chi connectivity index (χ3n) is 11.1. The molecule has 3 aliphatic heterocycles. The Kier molecular flexibility index (Phi) is 18.3. The largest absolute Gasteiger partial charge is 0.381 e. The molecular weight excluding hydrogens is 786 g/mol. The van der Waals surface area contributed by atoms with Crippen LogP contribution in [0, 0.1) is 23.5 Å². The van der Waals surface area contributed by atoms with Gasteiger partial charge in [0.2, 0.25) is 18.2 Å². The average molecular weight is 843 g/mol. The lowest BCUT2D eigenvalue weighted by Crippen LogP contribution is -2.41. The van der Waals surface area contributed by atoms with Crippen LogP contribution in [0.5, 0.6) is 0 Å². The van der Waals surface area contributed by atoms with Gasteiger partial charge in [0.15, 0.2) is 0 Å². The summed E-state index contributed by atoms with van der Waals surface area (Å²) in [5.41, 5.74) is 1.34. The van der Waals surface area contributed by atoms with Gasteiger partial charge in [0.1, 0.15) is 29.9 Å². The molecule has 3 aromatic rings. The minimum atomic E-state index is -1.04. The highest BCUT2D eigenvalue weighted by atomic mass is 32.1. The van der Waals surface area contributed by atoms with Crippen molar-refractivity contribution in [2.24, 2.45) is 11.8 Å². The lowest BCUT2D eigenvalue weighted by molar-refractivity contribution is -0.135. The fraction of sp³-hybridized carbons (Fsp3) is 0.558. The predicted octanol–water partition coefficient (Wildman–Crippen LogP) is 5.11. The van der Waals surface area contributed by atoms with Crippen LogP contribution in [0.1, 0.15) is 62.4 Å². The summed E-state index contributed by atoms with van der Waals surface area (Å²) < 4.78 is 56.1. The molecule has 0 saturated carbocycles. The fourth-order valence-electron chi connectivity index (χ4n) is 7.71. The normalized spacial score (nSPS) is 19.3. The van der Waals surface area contributed by atoms with Gasteiger partial charge in [0, 0.05) is 96.6 Å². The van der Waals surface area contributed by atoms with E-state index in [0.717, 1.165) is 49.4 Å². The first kappa shape index (κ1) is 45.8. The van der Waals surface area contributed by atoms with Crippen LogP contribution >= 0.6 is 12.6 Å². The number of morpholine rings is 1. The van der Waals surface area contributed by atoms with Crippen LogP contribution in [0.25, 0.3) is 11.3 Å². The number of rotatable bonds is 18. The van der Waals surface area contributed by atoms with Crippen molar-refractivity contribution in [3.05, 3.63) is 77.8 Å². The summed E-state index contributed by atoms with van der Waals surface area (Å²) in [7, 11) is 1.73. The molecule has 3 aliphatic rings. The number of benzene rings is 2. The van der Waals surface area contributed by atoms with Crippen molar-refractivity contribution in [2.75, 3.05) is 72.7 Å². The summed E-state index contributed by atoms with van der Waals surface area (Å²) in [5, 5.41) is 2.53. The molecule has 322 valence electrons. The van der Waals surface area contributed by atoms with E-state index in [9.17, 15) is 32.3 Å². The number of nitrogens with zero attached hydrogens (tertiary/aromatic N) is 5. The number of unbranched alkanes of at least 4 members (excludes halogenated alkanes) is 2. The van der Waals surface area contributed by atoms with Gasteiger partial charge in [-0.1, -0.05) is 36.8 Å². The molecule has 3 amide bonds. The summed E-state index contributed by atoms with van der Waals surface area (Å²) in [5.74, 6) is -0.757. The van der Waals surface area contributed by atoms with Gasteiger partial charge in [0.25, 0.3) is 0 Å². The van der Waals surface area contributed by atoms with E-state index in [1.807, 2.05) is 39.8 Å². The number of thiol groups is 1. The molecule has 4 heterocycles. The zero-order chi connectivity index (χ0) is 42.1. The topological polar surface area (TPSA) is 126 Å². The quantitative estimate of drug-likeness (QED) is 0.103. The molecule has 6 rings (SSSR count). The van der Waals surface area contributed by atoms with E-state index in [1.54, 1.807) is 23.0 Å². The zero-order valence-corrected chi connectivity index (χ0v) is 34.6. The number of nitrogens with one attached hydrogen (secondary N) is 1. The lowest BCUT2D eigenvalue weighted by Gasteiger charge is -2.37. The Balaban J connectivity index is 0.000000258. The second kappa shape index (κ2) is 23.5. The summed E-state index contributed by atoms with van der Waals surface area (Å²) in [6.07, 6.45) is 6.83. The van der Waals surface area contributed by atoms with Crippen molar-refractivity contribution >= 4 is 37.1 Å². The number of aldehydes is 1. The first-order valence-corrected chi connectivity index (χ1v) is 21.0. The number of hydrogen-bond acceptors (Lipinski definition) is 9. The van der Waals surface area contributed by atoms with E-state index in [1.165, 1.54) is 0 Å². The molecule has 0 bridgehead atoms. The molecule has 4 unspecified atom stereocenters. The first-order valence-electron chi connectivity index (χ1n) is 20.5. The maximum atomic E-state index is 14.8. The Morgan fingerprint density at radius 1 is 1.00 bits per heavy atom. The second-order valence-corrected chi connectivity index (χ2v) is 16.0. The van der Waals surface area contributed by atoms with Crippen molar-refractivity contribution in [3.63, 3.8) is 0 Å². The SMILES string of the molecule is CN(CCCCCC(=O)N1CCOCC1)C(=O)CC(S)C=O.O=CN(CC1CNCC1F)C(c1nc(-c2cc(F)ccc2F)cn1Cc1ccccc1)C1CCOCC1. The summed E-state index contributed by atoms with van der Waals surface area (Å²) in [6, 6.07) is 12.6. The van der Waals surface area contributed by atoms with E-state index in [2.05, 4.69) is 17.9 Å². The van der Waals surface area contributed by atoms with Crippen molar-refractivity contribution < 1.29 is 41.8 Å². The van der Waals surface area contributed by atoms with Crippen molar-refractivity contribution in [1.29, 1.82) is 0 Å². The number of amides is 3. The van der Waals surface area contributed by atoms with E-state index in [0.29, 0.717) is 90.5 Å². The summed E-state index contributed by atoms with van der Waals surface area (Å²) in [4.78, 5) is 56.6. The number of alkyl halides is 1. The molecule has 2 aromatic carbocycles. The number of carbonyl (C=O) groups is 4. The number of carbonyl (C=O) groups excluding carboxylic acids is 4. The Morgan fingerprint density at radius 3 is 2.41 bits per heavy atom. The van der Waals surface area contributed by atoms with Crippen LogP contribution in [0.4, 0.5) is 13.2 Å². The molecule has 12 nitrogen and oxygen atoms in total. The van der Waals surface area contributed by atoms with Gasteiger partial charge >= 0.3 is 0 Å². The minimum Gasteiger partial charge on any atom is -0.381 e. The minimum absolute atomic E-state index is 0.0218. The third kappa shape index (κ3) is 13.6. The van der Waals surface area contributed by atoms with Gasteiger partial charge in [-0.15, -0.1) is 0 Å². The third-order valence-corrected chi connectivity index (χ3v) is 11.4. The molecule has 0 radical (unpaired) electrons. The number of imidazole rings is 1. The van der Waals surface area contributed by atoms with Crippen LogP contribution in [-0.2, 0) is 35.2 Å². The van der Waals surface area contributed by atoms with E-state index in [4.69, 9.17) is 14.5 Å². The summed E-state index contributed by atoms with van der Waals surface area (Å²) in [6.45, 7) is 5.82. The standard InChI is InChI=1S/C28H31F3N4O2.C15H26N2O4S/c29-22-6-7-24(30)23(12-22)26-17-34(15-19-4-2-1-3-5-19)28(33-26)27(20-8-10-37-11-9-20)35(18-36)16-21-13-32-14-25(21)31;1-16(15(20)11-13(22)12-18)6-4-2-3-5-14(19)17-7-9-21-10-8-17/h1-7,12,17-18,20-21,25,27,32H,8-11,13-16H2;12-13,22H,2-11H2,1H3. The van der Waals surface area contributed by atoms with Crippen molar-refractivity contribution in [2.45, 2.75) is 69.0 Å². The maximum absolute atomic E-state index is 14.8. The molecular formula is C43H57F3N6O6S. The van der Waals surface area contributed by atoms with Gasteiger partial charge in [-0.2, -0.15) is 12.6 Å². The lowest BCUT2D eigenvalue weighted by atomic mass is 9.89. The molecule has 1 N–H and O–H groups in total. The Hall–Kier alpha value is -4.25. The van der Waals surface area contributed by atoms with Crippen molar-refractivity contribution in [3.8, 4) is 11.3 Å². The van der Waals surface area contributed by atoms with E-state index >= 15 is 0 Å². The second-order valence-electron chi connectivity index (χ2n) is 15.4. The highest BCUT2D eigenvalue weighted by Gasteiger charge is 2.37. The highest BCUT2D eigenvalue weighted by Crippen LogP contribution is 2.37. The maximum Gasteiger partial charge on any atom is 0.223 e. The molecule has 0 aliphatic carbocycles. The van der Waals surface area contributed by atoms with Gasteiger partial charge in [-0.3, -0.25) is 14.4 Å². The van der Waals surface area contributed by atoms with Gasteiger partial charge in [-0.25, -0.2) is 18.2 Å². The van der Waals surface area contributed by atoms with Crippen LogP contribution in [0.15, 0.2) is 54.7 Å². The monoisotopic (exact) mass is 842 g/mol. The summed E-state index contributed by atoms with van der Waals surface area (Å²) >= 11 is 3.99. The highest BCUT2D eigenvalue weighted by molar-refractivity contribution is 7.81. The van der Waals surface area contributed by atoms with Gasteiger partial charge in [0.05, 0.1) is 30.2 Å². The number of halogens is 3. The average Bonchev–Trinajstić information content (AvgIpc) is 3.86. The van der Waals surface area contributed by atoms with Crippen LogP contribution in [-0.4, -0.2) is 133 Å². The smallest absolute Gasteiger partial charge is 0.223 e. The molecule has 4 atom stereocenters. The molecule has 3 fully saturated rings. The van der Waals surface area contributed by atoms with Crippen LogP contribution in [0.3, 0.4) is 0 Å². The molecule has 1 aromatic heterocycles. The van der Waals surface area contributed by atoms with Gasteiger partial charge < -0.3 is 38.9 Å². The van der Waals surface area contributed by atoms with Crippen molar-refractivity contribution in [1.82, 2.24) is 29.6 Å². The fourth-order valence-corrected chi connectivity index (χ4v) is 7.87. The zero-order valence-electron chi connectivity index (χ0n) is 33.7. The Bertz CT molecular complexity index is 1790. The van der Waals surface area contributed by atoms with E-state index < -0.39 is 29.1 Å². The van der Waals surface area contributed by atoms with Crippen LogP contribution < -0.4 is 5.32 Å². The molecule has 0 spiro atoms. The number of aromatic nitrogens is 2. The van der Waals surface area contributed by atoms with Crippen LogP contribution in [0.2, 0.25) is 0 Å². The predicted molar refractivity (Wildman–Crippen MR) is 220 cm³/mol. The molecule has 59 heavy (non-hydrogen) atoms. The molecule has 3 saturated heterocycles. The number of ether oxygens (including phenoxy) is 2. The first-order chi connectivity index (χ1) is 28.6.